The minimum absolute atomic E-state index is 0.102. The molecule has 0 spiro atoms. The number of hydrogen-bond acceptors (Lipinski definition) is 4. The Morgan fingerprint density at radius 2 is 2.00 bits per heavy atom. The third-order valence-electron chi connectivity index (χ3n) is 3.18. The predicted octanol–water partition coefficient (Wildman–Crippen LogP) is 1.82. The van der Waals surface area contributed by atoms with Gasteiger partial charge in [0.2, 0.25) is 0 Å². The maximum atomic E-state index is 12.3. The zero-order valence-corrected chi connectivity index (χ0v) is 11.5. The van der Waals surface area contributed by atoms with Gasteiger partial charge in [0, 0.05) is 16.8 Å². The highest BCUT2D eigenvalue weighted by Crippen LogP contribution is 2.25. The van der Waals surface area contributed by atoms with Crippen molar-refractivity contribution >= 4 is 23.1 Å². The van der Waals surface area contributed by atoms with Crippen LogP contribution in [0, 0.1) is 12.3 Å². The molecule has 0 aliphatic rings. The predicted molar refractivity (Wildman–Crippen MR) is 82.7 cm³/mol. The fraction of sp³-hybridized carbons (Fsp3) is 0.0667. The third kappa shape index (κ3) is 2.94. The number of hydrogen-bond donors (Lipinski definition) is 5. The van der Waals surface area contributed by atoms with E-state index in [2.05, 4.69) is 5.32 Å². The zero-order chi connectivity index (χ0) is 15.6. The molecule has 0 radical (unpaired) electrons. The van der Waals surface area contributed by atoms with Gasteiger partial charge in [0.15, 0.2) is 0 Å². The quantitative estimate of drug-likeness (QED) is 0.255. The number of benzene rings is 2. The van der Waals surface area contributed by atoms with Crippen molar-refractivity contribution in [3.63, 3.8) is 0 Å². The molecule has 21 heavy (non-hydrogen) atoms. The van der Waals surface area contributed by atoms with Crippen LogP contribution in [-0.2, 0) is 0 Å². The molecule has 0 atom stereocenters. The number of carbonyl (C=O) groups is 1. The molecular formula is C15H16N4O2. The summed E-state index contributed by atoms with van der Waals surface area (Å²) in [7, 11) is 0. The Bertz CT molecular complexity index is 726. The van der Waals surface area contributed by atoms with Crippen molar-refractivity contribution in [3.05, 3.63) is 53.1 Å². The highest BCUT2D eigenvalue weighted by Gasteiger charge is 2.13. The number of amides is 1. The van der Waals surface area contributed by atoms with E-state index in [1.165, 1.54) is 18.2 Å². The number of rotatable bonds is 3. The number of nitrogen functional groups attached to an aromatic ring is 2. The molecule has 0 saturated heterocycles. The van der Waals surface area contributed by atoms with Crippen LogP contribution in [0.5, 0.6) is 5.75 Å². The Morgan fingerprint density at radius 3 is 2.67 bits per heavy atom. The Labute approximate surface area is 121 Å². The summed E-state index contributed by atoms with van der Waals surface area (Å²) in [6.45, 7) is 1.75. The van der Waals surface area contributed by atoms with E-state index in [-0.39, 0.29) is 17.3 Å². The fourth-order valence-corrected chi connectivity index (χ4v) is 1.89. The molecule has 2 aromatic carbocycles. The number of carbonyl (C=O) groups excluding carboxylic acids is 1. The average Bonchev–Trinajstić information content (AvgIpc) is 2.43. The third-order valence-corrected chi connectivity index (χ3v) is 3.18. The van der Waals surface area contributed by atoms with Gasteiger partial charge in [-0.1, -0.05) is 6.07 Å². The molecule has 0 aromatic heterocycles. The lowest BCUT2D eigenvalue weighted by atomic mass is 10.1. The van der Waals surface area contributed by atoms with Crippen molar-refractivity contribution in [3.8, 4) is 5.75 Å². The normalized spacial score (nSPS) is 10.1. The highest BCUT2D eigenvalue weighted by molar-refractivity contribution is 6.07. The number of amidine groups is 1. The Kier molecular flexibility index (Phi) is 3.80. The fourth-order valence-electron chi connectivity index (χ4n) is 1.89. The van der Waals surface area contributed by atoms with E-state index in [4.69, 9.17) is 16.9 Å². The van der Waals surface area contributed by atoms with Gasteiger partial charge in [0.05, 0.1) is 5.69 Å². The van der Waals surface area contributed by atoms with Gasteiger partial charge in [-0.2, -0.15) is 0 Å². The van der Waals surface area contributed by atoms with Crippen LogP contribution >= 0.6 is 0 Å². The molecule has 6 nitrogen and oxygen atoms in total. The summed E-state index contributed by atoms with van der Waals surface area (Å²) in [5.41, 5.74) is 13.4. The monoisotopic (exact) mass is 284 g/mol. The topological polar surface area (TPSA) is 125 Å². The summed E-state index contributed by atoms with van der Waals surface area (Å²) in [4.78, 5) is 12.3. The number of aromatic hydroxyl groups is 1. The van der Waals surface area contributed by atoms with Crippen LogP contribution in [0.15, 0.2) is 36.4 Å². The second-order valence-corrected chi connectivity index (χ2v) is 4.62. The minimum Gasteiger partial charge on any atom is -0.506 e. The van der Waals surface area contributed by atoms with Crippen LogP contribution in [0.1, 0.15) is 21.5 Å². The van der Waals surface area contributed by atoms with Crippen molar-refractivity contribution in [1.82, 2.24) is 0 Å². The number of nitrogens with two attached hydrogens (primary N) is 2. The summed E-state index contributed by atoms with van der Waals surface area (Å²) >= 11 is 0. The Morgan fingerprint density at radius 1 is 1.29 bits per heavy atom. The summed E-state index contributed by atoms with van der Waals surface area (Å²) < 4.78 is 0. The van der Waals surface area contributed by atoms with Crippen molar-refractivity contribution in [1.29, 1.82) is 5.41 Å². The number of phenolic OH excluding ortho intramolecular Hbond substituents is 1. The summed E-state index contributed by atoms with van der Waals surface area (Å²) in [5, 5.41) is 19.8. The summed E-state index contributed by atoms with van der Waals surface area (Å²) in [6, 6.07) is 9.35. The first-order chi connectivity index (χ1) is 9.90. The van der Waals surface area contributed by atoms with Crippen LogP contribution in [0.2, 0.25) is 0 Å². The molecule has 0 heterocycles. The van der Waals surface area contributed by atoms with Crippen LogP contribution < -0.4 is 16.8 Å². The second-order valence-electron chi connectivity index (χ2n) is 4.62. The van der Waals surface area contributed by atoms with E-state index in [1.54, 1.807) is 25.1 Å². The van der Waals surface area contributed by atoms with Crippen LogP contribution in [0.4, 0.5) is 11.4 Å². The van der Waals surface area contributed by atoms with Gasteiger partial charge in [-0.25, -0.2) is 0 Å². The lowest BCUT2D eigenvalue weighted by Gasteiger charge is -2.11. The van der Waals surface area contributed by atoms with E-state index in [0.717, 1.165) is 0 Å². The van der Waals surface area contributed by atoms with Gasteiger partial charge in [0.1, 0.15) is 11.6 Å². The first-order valence-electron chi connectivity index (χ1n) is 6.24. The second kappa shape index (κ2) is 5.54. The highest BCUT2D eigenvalue weighted by atomic mass is 16.3. The van der Waals surface area contributed by atoms with Crippen molar-refractivity contribution in [2.45, 2.75) is 6.92 Å². The molecule has 0 aliphatic heterocycles. The molecular weight excluding hydrogens is 268 g/mol. The van der Waals surface area contributed by atoms with Gasteiger partial charge in [-0.3, -0.25) is 10.2 Å². The van der Waals surface area contributed by atoms with E-state index >= 15 is 0 Å². The summed E-state index contributed by atoms with van der Waals surface area (Å²) in [5.74, 6) is -0.642. The van der Waals surface area contributed by atoms with Gasteiger partial charge in [-0.05, 0) is 42.8 Å². The van der Waals surface area contributed by atoms with Crippen molar-refractivity contribution < 1.29 is 9.90 Å². The lowest BCUT2D eigenvalue weighted by Crippen LogP contribution is -2.16. The van der Waals surface area contributed by atoms with E-state index in [1.807, 2.05) is 0 Å². The standard InChI is InChI=1S/C15H16N4O2/c1-8-10(3-2-4-11(8)16)15(21)19-12-7-9(14(17)18)5-6-13(12)20/h2-7,20H,16H2,1H3,(H3,17,18)(H,19,21). The SMILES string of the molecule is Cc1c(N)cccc1C(=O)Nc1cc(C(=N)N)ccc1O. The summed E-state index contributed by atoms with van der Waals surface area (Å²) in [6.07, 6.45) is 0. The largest absolute Gasteiger partial charge is 0.506 e. The van der Waals surface area contributed by atoms with Crippen LogP contribution in [0.25, 0.3) is 0 Å². The molecule has 0 unspecified atom stereocenters. The van der Waals surface area contributed by atoms with E-state index in [9.17, 15) is 9.90 Å². The van der Waals surface area contributed by atoms with Gasteiger partial charge >= 0.3 is 0 Å². The van der Waals surface area contributed by atoms with Crippen LogP contribution in [0.3, 0.4) is 0 Å². The Hall–Kier alpha value is -3.02. The molecule has 108 valence electrons. The number of phenols is 1. The molecule has 0 fully saturated rings. The molecule has 7 N–H and O–H groups in total. The lowest BCUT2D eigenvalue weighted by molar-refractivity contribution is 0.102. The smallest absolute Gasteiger partial charge is 0.256 e. The van der Waals surface area contributed by atoms with E-state index in [0.29, 0.717) is 22.4 Å². The van der Waals surface area contributed by atoms with Crippen molar-refractivity contribution in [2.24, 2.45) is 5.73 Å². The average molecular weight is 284 g/mol. The molecule has 1 amide bonds. The molecule has 2 rings (SSSR count). The number of nitrogens with one attached hydrogen (secondary N) is 2. The van der Waals surface area contributed by atoms with Crippen LogP contribution in [-0.4, -0.2) is 16.8 Å². The Balaban J connectivity index is 2.33. The first kappa shape index (κ1) is 14.4. The van der Waals surface area contributed by atoms with Gasteiger partial charge in [-0.15, -0.1) is 0 Å². The van der Waals surface area contributed by atoms with Gasteiger partial charge < -0.3 is 21.9 Å². The van der Waals surface area contributed by atoms with Gasteiger partial charge in [0.25, 0.3) is 5.91 Å². The molecule has 2 aromatic rings. The molecule has 0 aliphatic carbocycles. The molecule has 0 bridgehead atoms. The first-order valence-corrected chi connectivity index (χ1v) is 6.24. The molecule has 6 heteroatoms. The maximum absolute atomic E-state index is 12.3. The minimum atomic E-state index is -0.393. The number of anilines is 2. The zero-order valence-electron chi connectivity index (χ0n) is 11.5. The maximum Gasteiger partial charge on any atom is 0.256 e. The van der Waals surface area contributed by atoms with Crippen molar-refractivity contribution in [2.75, 3.05) is 11.1 Å². The molecule has 0 saturated carbocycles. The van der Waals surface area contributed by atoms with E-state index < -0.39 is 5.91 Å².